The molecule has 3 nitrogen and oxygen atoms in total. The molecule has 0 spiro atoms. The Balaban J connectivity index is 2.31. The van der Waals surface area contributed by atoms with Crippen LogP contribution in [0, 0.1) is 3.57 Å². The number of rotatable bonds is 3. The number of amides is 1. The van der Waals surface area contributed by atoms with E-state index >= 15 is 0 Å². The maximum Gasteiger partial charge on any atom is 0.255 e. The van der Waals surface area contributed by atoms with Gasteiger partial charge in [-0.1, -0.05) is 26.8 Å². The standard InChI is InChI=1S/C18H20INO2/c1-18(2,3)13-7-10-16(22-4)15(11-13)20-17(21)12-5-8-14(19)9-6-12/h5-11H,1-4H3,(H,20,21). The van der Waals surface area contributed by atoms with Crippen molar-refractivity contribution in [2.75, 3.05) is 12.4 Å². The van der Waals surface area contributed by atoms with Crippen molar-refractivity contribution in [3.8, 4) is 5.75 Å². The van der Waals surface area contributed by atoms with Gasteiger partial charge in [0.25, 0.3) is 5.91 Å². The Bertz CT molecular complexity index is 672. The van der Waals surface area contributed by atoms with Crippen molar-refractivity contribution in [2.45, 2.75) is 26.2 Å². The molecule has 0 saturated heterocycles. The summed E-state index contributed by atoms with van der Waals surface area (Å²) in [7, 11) is 1.60. The van der Waals surface area contributed by atoms with Gasteiger partial charge in [0.05, 0.1) is 12.8 Å². The highest BCUT2D eigenvalue weighted by Gasteiger charge is 2.17. The fourth-order valence-electron chi connectivity index (χ4n) is 2.07. The van der Waals surface area contributed by atoms with Crippen LogP contribution in [0.25, 0.3) is 0 Å². The molecule has 0 bridgehead atoms. The van der Waals surface area contributed by atoms with Gasteiger partial charge in [-0.15, -0.1) is 0 Å². The molecule has 0 radical (unpaired) electrons. The van der Waals surface area contributed by atoms with Crippen molar-refractivity contribution in [1.82, 2.24) is 0 Å². The zero-order chi connectivity index (χ0) is 16.3. The number of benzene rings is 2. The third kappa shape index (κ3) is 4.00. The number of ether oxygens (including phenoxy) is 1. The normalized spacial score (nSPS) is 11.1. The van der Waals surface area contributed by atoms with E-state index < -0.39 is 0 Å². The lowest BCUT2D eigenvalue weighted by Crippen LogP contribution is -2.15. The SMILES string of the molecule is COc1ccc(C(C)(C)C)cc1NC(=O)c1ccc(I)cc1. The van der Waals surface area contributed by atoms with Gasteiger partial charge < -0.3 is 10.1 Å². The molecule has 0 unspecified atom stereocenters. The van der Waals surface area contributed by atoms with Crippen LogP contribution in [0.3, 0.4) is 0 Å². The summed E-state index contributed by atoms with van der Waals surface area (Å²) in [6, 6.07) is 13.4. The average Bonchev–Trinajstić information content (AvgIpc) is 2.46. The van der Waals surface area contributed by atoms with E-state index in [4.69, 9.17) is 4.74 Å². The smallest absolute Gasteiger partial charge is 0.255 e. The number of carbonyl (C=O) groups is 1. The monoisotopic (exact) mass is 409 g/mol. The van der Waals surface area contributed by atoms with E-state index in [0.29, 0.717) is 17.0 Å². The van der Waals surface area contributed by atoms with Gasteiger partial charge in [0.15, 0.2) is 0 Å². The van der Waals surface area contributed by atoms with E-state index in [-0.39, 0.29) is 11.3 Å². The zero-order valence-electron chi connectivity index (χ0n) is 13.2. The van der Waals surface area contributed by atoms with Gasteiger partial charge in [-0.25, -0.2) is 0 Å². The van der Waals surface area contributed by atoms with Crippen LogP contribution in [0.15, 0.2) is 42.5 Å². The minimum Gasteiger partial charge on any atom is -0.495 e. The zero-order valence-corrected chi connectivity index (χ0v) is 15.4. The van der Waals surface area contributed by atoms with Gasteiger partial charge in [-0.05, 0) is 70.0 Å². The predicted octanol–water partition coefficient (Wildman–Crippen LogP) is 4.85. The topological polar surface area (TPSA) is 38.3 Å². The Labute approximate surface area is 145 Å². The Hall–Kier alpha value is -1.56. The van der Waals surface area contributed by atoms with Gasteiger partial charge in [0.1, 0.15) is 5.75 Å². The van der Waals surface area contributed by atoms with E-state index in [9.17, 15) is 4.79 Å². The molecule has 1 amide bonds. The van der Waals surface area contributed by atoms with E-state index in [1.54, 1.807) is 7.11 Å². The first-order valence-electron chi connectivity index (χ1n) is 7.06. The second-order valence-electron chi connectivity index (χ2n) is 6.13. The van der Waals surface area contributed by atoms with Crippen LogP contribution in [-0.2, 0) is 5.41 Å². The molecule has 0 fully saturated rings. The van der Waals surface area contributed by atoms with Gasteiger partial charge in [-0.2, -0.15) is 0 Å². The first-order chi connectivity index (χ1) is 10.3. The molecule has 2 aromatic rings. The molecule has 2 rings (SSSR count). The molecule has 22 heavy (non-hydrogen) atoms. The van der Waals surface area contributed by atoms with Crippen molar-refractivity contribution >= 4 is 34.2 Å². The van der Waals surface area contributed by atoms with Crippen molar-refractivity contribution in [1.29, 1.82) is 0 Å². The molecule has 0 aromatic heterocycles. The van der Waals surface area contributed by atoms with Crippen LogP contribution in [0.2, 0.25) is 0 Å². The van der Waals surface area contributed by atoms with E-state index in [0.717, 1.165) is 9.13 Å². The number of halogens is 1. The number of hydrogen-bond acceptors (Lipinski definition) is 2. The summed E-state index contributed by atoms with van der Waals surface area (Å²) in [5.74, 6) is 0.521. The first kappa shape index (κ1) is 16.8. The fourth-order valence-corrected chi connectivity index (χ4v) is 2.43. The van der Waals surface area contributed by atoms with Crippen LogP contribution in [0.5, 0.6) is 5.75 Å². The number of hydrogen-bond donors (Lipinski definition) is 1. The molecule has 116 valence electrons. The van der Waals surface area contributed by atoms with Gasteiger partial charge in [-0.3, -0.25) is 4.79 Å². The summed E-state index contributed by atoms with van der Waals surface area (Å²) in [6.07, 6.45) is 0. The summed E-state index contributed by atoms with van der Waals surface area (Å²) >= 11 is 2.22. The van der Waals surface area contributed by atoms with Gasteiger partial charge >= 0.3 is 0 Å². The minimum atomic E-state index is -0.138. The predicted molar refractivity (Wildman–Crippen MR) is 98.8 cm³/mol. The third-order valence-electron chi connectivity index (χ3n) is 3.42. The number of anilines is 1. The maximum absolute atomic E-state index is 12.4. The lowest BCUT2D eigenvalue weighted by Gasteiger charge is -2.21. The second kappa shape index (κ2) is 6.69. The molecule has 0 aliphatic carbocycles. The maximum atomic E-state index is 12.4. The molecule has 0 aliphatic heterocycles. The highest BCUT2D eigenvalue weighted by atomic mass is 127. The molecule has 0 aliphatic rings. The quantitative estimate of drug-likeness (QED) is 0.737. The second-order valence-corrected chi connectivity index (χ2v) is 7.37. The summed E-state index contributed by atoms with van der Waals surface area (Å²) in [5.41, 5.74) is 2.47. The van der Waals surface area contributed by atoms with Crippen LogP contribution in [-0.4, -0.2) is 13.0 Å². The molecular weight excluding hydrogens is 389 g/mol. The summed E-state index contributed by atoms with van der Waals surface area (Å²) < 4.78 is 6.45. The molecule has 2 aromatic carbocycles. The highest BCUT2D eigenvalue weighted by molar-refractivity contribution is 14.1. The van der Waals surface area contributed by atoms with E-state index in [1.807, 2.05) is 42.5 Å². The highest BCUT2D eigenvalue weighted by Crippen LogP contribution is 2.31. The van der Waals surface area contributed by atoms with Crippen molar-refractivity contribution < 1.29 is 9.53 Å². The van der Waals surface area contributed by atoms with Crippen LogP contribution in [0.4, 0.5) is 5.69 Å². The Morgan fingerprint density at radius 3 is 2.27 bits per heavy atom. The molecule has 0 heterocycles. The van der Waals surface area contributed by atoms with Crippen molar-refractivity contribution in [2.24, 2.45) is 0 Å². The first-order valence-corrected chi connectivity index (χ1v) is 8.14. The summed E-state index contributed by atoms with van der Waals surface area (Å²) in [4.78, 5) is 12.4. The van der Waals surface area contributed by atoms with Crippen molar-refractivity contribution in [3.63, 3.8) is 0 Å². The van der Waals surface area contributed by atoms with E-state index in [2.05, 4.69) is 48.7 Å². The third-order valence-corrected chi connectivity index (χ3v) is 4.14. The molecule has 4 heteroatoms. The molecule has 1 N–H and O–H groups in total. The van der Waals surface area contributed by atoms with Crippen molar-refractivity contribution in [3.05, 3.63) is 57.2 Å². The van der Waals surface area contributed by atoms with E-state index in [1.165, 1.54) is 0 Å². The number of nitrogens with one attached hydrogen (secondary N) is 1. The van der Waals surface area contributed by atoms with Crippen LogP contribution in [0.1, 0.15) is 36.7 Å². The minimum absolute atomic E-state index is 0.00854. The fraction of sp³-hybridized carbons (Fsp3) is 0.278. The Morgan fingerprint density at radius 2 is 1.73 bits per heavy atom. The van der Waals surface area contributed by atoms with Crippen LogP contribution >= 0.6 is 22.6 Å². The van der Waals surface area contributed by atoms with Gasteiger partial charge in [0.2, 0.25) is 0 Å². The number of methoxy groups -OCH3 is 1. The van der Waals surface area contributed by atoms with Gasteiger partial charge in [0, 0.05) is 9.13 Å². The molecular formula is C18H20INO2. The average molecular weight is 409 g/mol. The lowest BCUT2D eigenvalue weighted by molar-refractivity contribution is 0.102. The molecule has 0 saturated carbocycles. The lowest BCUT2D eigenvalue weighted by atomic mass is 9.87. The summed E-state index contributed by atoms with van der Waals surface area (Å²) in [5, 5.41) is 2.94. The summed E-state index contributed by atoms with van der Waals surface area (Å²) in [6.45, 7) is 6.42. The Kier molecular flexibility index (Phi) is 5.11. The number of carbonyl (C=O) groups excluding carboxylic acids is 1. The Morgan fingerprint density at radius 1 is 1.09 bits per heavy atom. The largest absolute Gasteiger partial charge is 0.495 e. The van der Waals surface area contributed by atoms with Crippen LogP contribution < -0.4 is 10.1 Å². The molecule has 0 atom stereocenters.